The zero-order valence-electron chi connectivity index (χ0n) is 37.7. The van der Waals surface area contributed by atoms with Gasteiger partial charge in [0.2, 0.25) is 17.7 Å². The molecule has 13 nitrogen and oxygen atoms in total. The van der Waals surface area contributed by atoms with Crippen LogP contribution in [0.25, 0.3) is 11.0 Å². The minimum atomic E-state index is -4.37. The Hall–Kier alpha value is -5.19. The van der Waals surface area contributed by atoms with E-state index >= 15 is 0 Å². The number of likely N-dealkylation sites (tertiary alicyclic amines) is 1. The number of benzene rings is 3. The van der Waals surface area contributed by atoms with Crippen LogP contribution in [-0.2, 0) is 38.1 Å². The van der Waals surface area contributed by atoms with Crippen molar-refractivity contribution in [3.05, 3.63) is 88.3 Å². The van der Waals surface area contributed by atoms with Crippen LogP contribution < -0.4 is 25.8 Å². The molecular formula is C48H61F3N6O7. The summed E-state index contributed by atoms with van der Waals surface area (Å²) in [5.41, 5.74) is 0.442. The van der Waals surface area contributed by atoms with E-state index in [4.69, 9.17) is 14.2 Å². The summed E-state index contributed by atoms with van der Waals surface area (Å²) in [6.45, 7) is 9.27. The highest BCUT2D eigenvalue weighted by atomic mass is 19.4. The molecule has 7 rings (SSSR count). The highest BCUT2D eigenvalue weighted by Gasteiger charge is 2.49. The number of hydrogen-bond donors (Lipinski definition) is 2. The Balaban J connectivity index is 0.952. The van der Waals surface area contributed by atoms with Gasteiger partial charge in [0, 0.05) is 51.7 Å². The number of imide groups is 1. The van der Waals surface area contributed by atoms with Crippen LogP contribution in [0, 0.1) is 5.41 Å². The molecule has 0 saturated carbocycles. The molecule has 3 amide bonds. The second-order valence-electron chi connectivity index (χ2n) is 19.0. The molecule has 2 N–H and O–H groups in total. The minimum absolute atomic E-state index is 0.0811. The second kappa shape index (κ2) is 18.7. The summed E-state index contributed by atoms with van der Waals surface area (Å²) < 4.78 is 63.6. The molecule has 64 heavy (non-hydrogen) atoms. The number of imidazole rings is 1. The van der Waals surface area contributed by atoms with E-state index in [-0.39, 0.29) is 54.9 Å². The van der Waals surface area contributed by atoms with Gasteiger partial charge in [0.15, 0.2) is 0 Å². The van der Waals surface area contributed by atoms with Crippen LogP contribution in [0.3, 0.4) is 0 Å². The lowest BCUT2D eigenvalue weighted by atomic mass is 9.67. The van der Waals surface area contributed by atoms with Gasteiger partial charge in [-0.1, -0.05) is 30.3 Å². The van der Waals surface area contributed by atoms with Crippen LogP contribution in [0.5, 0.6) is 11.5 Å². The van der Waals surface area contributed by atoms with E-state index < -0.39 is 29.2 Å². The van der Waals surface area contributed by atoms with Gasteiger partial charge in [-0.3, -0.25) is 38.6 Å². The topological polar surface area (TPSA) is 136 Å². The van der Waals surface area contributed by atoms with Gasteiger partial charge in [0.05, 0.1) is 41.4 Å². The van der Waals surface area contributed by atoms with Crippen LogP contribution in [0.4, 0.5) is 18.9 Å². The van der Waals surface area contributed by atoms with Crippen molar-refractivity contribution in [2.75, 3.05) is 51.8 Å². The van der Waals surface area contributed by atoms with Crippen molar-refractivity contribution in [2.24, 2.45) is 12.5 Å². The van der Waals surface area contributed by atoms with Gasteiger partial charge in [0.25, 0.3) is 0 Å². The SMILES string of the molecule is COc1ccc([C@]2(CCN(Cc3ccc(OC4CCN(CC(=O)Nc5cccc6c5n(C)c(=O)n6C5CCC(=O)NC5=O)CC4)cc3)CC(C)(C)C(F)(F)F)CCOC(C)(C)C2)cc1. The van der Waals surface area contributed by atoms with E-state index in [2.05, 4.69) is 36.6 Å². The number of aryl methyl sites for hydroxylation is 1. The Kier molecular flexibility index (Phi) is 13.7. The van der Waals surface area contributed by atoms with Crippen molar-refractivity contribution in [1.82, 2.24) is 24.3 Å². The molecule has 1 aromatic heterocycles. The number of rotatable bonds is 15. The average Bonchev–Trinajstić information content (AvgIpc) is 3.49. The van der Waals surface area contributed by atoms with Gasteiger partial charge in [-0.25, -0.2) is 4.79 Å². The molecule has 0 spiro atoms. The molecule has 16 heteroatoms. The van der Waals surface area contributed by atoms with E-state index in [0.717, 1.165) is 29.7 Å². The number of methoxy groups -OCH3 is 1. The summed E-state index contributed by atoms with van der Waals surface area (Å²) in [4.78, 5) is 55.0. The number of fused-ring (bicyclic) bond motifs is 1. The molecule has 4 aromatic rings. The second-order valence-corrected chi connectivity index (χ2v) is 19.0. The quantitative estimate of drug-likeness (QED) is 0.120. The predicted octanol–water partition coefficient (Wildman–Crippen LogP) is 7.12. The first kappa shape index (κ1) is 46.8. The number of alkyl halides is 3. The number of piperidine rings is 2. The van der Waals surface area contributed by atoms with Crippen LogP contribution in [0.2, 0.25) is 0 Å². The largest absolute Gasteiger partial charge is 0.497 e. The Morgan fingerprint density at radius 1 is 0.969 bits per heavy atom. The van der Waals surface area contributed by atoms with Crippen LogP contribution >= 0.6 is 0 Å². The summed E-state index contributed by atoms with van der Waals surface area (Å²) in [5.74, 6) is 0.281. The number of aromatic nitrogens is 2. The molecule has 1 unspecified atom stereocenters. The zero-order chi connectivity index (χ0) is 46.0. The maximum atomic E-state index is 14.3. The smallest absolute Gasteiger partial charge is 0.395 e. The van der Waals surface area contributed by atoms with Gasteiger partial charge in [0.1, 0.15) is 23.6 Å². The Morgan fingerprint density at radius 2 is 1.66 bits per heavy atom. The fraction of sp³-hybridized carbons (Fsp3) is 0.542. The molecule has 2 atom stereocenters. The highest BCUT2D eigenvalue weighted by Crippen LogP contribution is 2.45. The van der Waals surface area contributed by atoms with Gasteiger partial charge >= 0.3 is 11.9 Å². The molecule has 3 aliphatic rings. The molecule has 0 bridgehead atoms. The molecule has 3 fully saturated rings. The van der Waals surface area contributed by atoms with Crippen molar-refractivity contribution >= 4 is 34.4 Å². The average molecular weight is 891 g/mol. The minimum Gasteiger partial charge on any atom is -0.497 e. The summed E-state index contributed by atoms with van der Waals surface area (Å²) in [6.07, 6.45) is -0.572. The number of amides is 3. The van der Waals surface area contributed by atoms with Crippen molar-refractivity contribution in [2.45, 2.75) is 109 Å². The number of para-hydroxylation sites is 1. The van der Waals surface area contributed by atoms with Crippen molar-refractivity contribution < 1.29 is 41.8 Å². The van der Waals surface area contributed by atoms with E-state index in [0.29, 0.717) is 74.5 Å². The number of ether oxygens (including phenoxy) is 3. The Bertz CT molecular complexity index is 2370. The number of hydrogen-bond acceptors (Lipinski definition) is 9. The maximum Gasteiger partial charge on any atom is 0.395 e. The van der Waals surface area contributed by atoms with Crippen LogP contribution in [-0.4, -0.2) is 101 Å². The standard InChI is InChI=1S/C48H61F3N6O7/c1-45(2,48(49,50)51)31-56(26-22-47(23-27-63-46(3,4)30-47)33-12-16-34(62-6)17-13-33)28-32-10-14-35(15-11-32)64-36-20-24-55(25-21-36)29-41(59)52-37-8-7-9-38-42(37)54(5)44(61)57(38)39-18-19-40(58)53-43(39)60/h7-17,36,39H,18-31H2,1-6H3,(H,52,59)(H,53,58,60)/t39?,47-/m1/s1. The molecule has 4 heterocycles. The van der Waals surface area contributed by atoms with E-state index in [1.807, 2.05) is 46.2 Å². The van der Waals surface area contributed by atoms with Crippen LogP contribution in [0.1, 0.15) is 89.8 Å². The zero-order valence-corrected chi connectivity index (χ0v) is 37.7. The first-order valence-electron chi connectivity index (χ1n) is 22.2. The molecule has 0 radical (unpaired) electrons. The van der Waals surface area contributed by atoms with Crippen molar-refractivity contribution in [1.29, 1.82) is 0 Å². The summed E-state index contributed by atoms with van der Waals surface area (Å²) in [6, 6.07) is 20.0. The molecule has 0 aliphatic carbocycles. The predicted molar refractivity (Wildman–Crippen MR) is 237 cm³/mol. The summed E-state index contributed by atoms with van der Waals surface area (Å²) in [7, 11) is 3.21. The Morgan fingerprint density at radius 3 is 2.30 bits per heavy atom. The normalized spacial score (nSPS) is 21.2. The third-order valence-electron chi connectivity index (χ3n) is 13.3. The van der Waals surface area contributed by atoms with Gasteiger partial charge in [-0.05, 0) is 120 Å². The third kappa shape index (κ3) is 10.5. The molecule has 3 saturated heterocycles. The van der Waals surface area contributed by atoms with E-state index in [1.54, 1.807) is 32.4 Å². The molecule has 3 aliphatic heterocycles. The van der Waals surface area contributed by atoms with E-state index in [9.17, 15) is 32.3 Å². The fourth-order valence-electron chi connectivity index (χ4n) is 9.73. The number of carbonyl (C=O) groups excluding carboxylic acids is 3. The fourth-order valence-corrected chi connectivity index (χ4v) is 9.73. The van der Waals surface area contributed by atoms with Crippen molar-refractivity contribution in [3.8, 4) is 11.5 Å². The monoisotopic (exact) mass is 890 g/mol. The number of carbonyl (C=O) groups is 3. The number of anilines is 1. The number of nitrogens with one attached hydrogen (secondary N) is 2. The van der Waals surface area contributed by atoms with E-state index in [1.165, 1.54) is 23.0 Å². The summed E-state index contributed by atoms with van der Waals surface area (Å²) >= 11 is 0. The first-order valence-corrected chi connectivity index (χ1v) is 22.2. The molecular weight excluding hydrogens is 830 g/mol. The van der Waals surface area contributed by atoms with Gasteiger partial charge in [-0.2, -0.15) is 13.2 Å². The number of nitrogens with zero attached hydrogens (tertiary/aromatic N) is 4. The van der Waals surface area contributed by atoms with Crippen molar-refractivity contribution in [3.63, 3.8) is 0 Å². The maximum absolute atomic E-state index is 14.3. The van der Waals surface area contributed by atoms with Gasteiger partial charge < -0.3 is 19.5 Å². The number of halogens is 3. The summed E-state index contributed by atoms with van der Waals surface area (Å²) in [5, 5.41) is 5.27. The first-order chi connectivity index (χ1) is 30.3. The highest BCUT2D eigenvalue weighted by molar-refractivity contribution is 6.02. The Labute approximate surface area is 372 Å². The molecule has 3 aromatic carbocycles. The van der Waals surface area contributed by atoms with Crippen LogP contribution in [0.15, 0.2) is 71.5 Å². The lowest BCUT2D eigenvalue weighted by Crippen LogP contribution is -2.47. The van der Waals surface area contributed by atoms with Gasteiger partial charge in [-0.15, -0.1) is 0 Å². The lowest BCUT2D eigenvalue weighted by Gasteiger charge is -2.46. The lowest BCUT2D eigenvalue weighted by molar-refractivity contribution is -0.217. The molecule has 346 valence electrons. The third-order valence-corrected chi connectivity index (χ3v) is 13.3.